The number of nitriles is 1. The topological polar surface area (TPSA) is 82.2 Å². The summed E-state index contributed by atoms with van der Waals surface area (Å²) in [4.78, 5) is 17.6. The van der Waals surface area contributed by atoms with Gasteiger partial charge in [-0.15, -0.1) is 0 Å². The molecule has 0 atom stereocenters. The second-order valence-electron chi connectivity index (χ2n) is 6.32. The Balaban J connectivity index is 1.90. The van der Waals surface area contributed by atoms with Crippen LogP contribution >= 0.6 is 0 Å². The molecule has 2 heterocycles. The van der Waals surface area contributed by atoms with Crippen LogP contribution in [0.25, 0.3) is 22.9 Å². The lowest BCUT2D eigenvalue weighted by Gasteiger charge is -2.09. The predicted molar refractivity (Wildman–Crippen MR) is 106 cm³/mol. The first-order chi connectivity index (χ1) is 13.1. The van der Waals surface area contributed by atoms with Crippen molar-refractivity contribution in [1.82, 2.24) is 14.8 Å². The zero-order chi connectivity index (χ0) is 19.0. The molecule has 2 aromatic carbocycles. The Morgan fingerprint density at radius 3 is 2.63 bits per heavy atom. The van der Waals surface area contributed by atoms with Crippen molar-refractivity contribution in [3.63, 3.8) is 0 Å². The van der Waals surface area contributed by atoms with Gasteiger partial charge in [0.2, 0.25) is 0 Å². The molecule has 0 spiro atoms. The van der Waals surface area contributed by atoms with Gasteiger partial charge in [-0.3, -0.25) is 9.20 Å². The number of para-hydroxylation sites is 3. The molecular formula is C21H17N5O. The van der Waals surface area contributed by atoms with Gasteiger partial charge in [0.15, 0.2) is 5.65 Å². The molecule has 0 saturated heterocycles. The van der Waals surface area contributed by atoms with E-state index in [4.69, 9.17) is 0 Å². The molecule has 4 rings (SSSR count). The van der Waals surface area contributed by atoms with E-state index in [1.807, 2.05) is 55.5 Å². The van der Waals surface area contributed by atoms with E-state index in [0.717, 1.165) is 11.3 Å². The highest BCUT2D eigenvalue weighted by molar-refractivity contribution is 5.82. The molecule has 0 bridgehead atoms. The third kappa shape index (κ3) is 2.66. The van der Waals surface area contributed by atoms with Gasteiger partial charge in [-0.05, 0) is 43.2 Å². The summed E-state index contributed by atoms with van der Waals surface area (Å²) < 4.78 is 1.50. The lowest BCUT2D eigenvalue weighted by atomic mass is 10.1. The number of nitrogens with zero attached hydrogens (tertiary/aromatic N) is 3. The van der Waals surface area contributed by atoms with E-state index in [2.05, 4.69) is 21.9 Å². The molecule has 0 aliphatic carbocycles. The smallest absolute Gasteiger partial charge is 0.265 e. The van der Waals surface area contributed by atoms with E-state index in [1.54, 1.807) is 13.1 Å². The van der Waals surface area contributed by atoms with Crippen molar-refractivity contribution in [1.29, 1.82) is 5.26 Å². The third-order valence-electron chi connectivity index (χ3n) is 4.68. The number of hydrogen-bond acceptors (Lipinski definition) is 5. The molecule has 0 saturated carbocycles. The molecule has 2 aromatic heterocycles. The third-order valence-corrected chi connectivity index (χ3v) is 4.68. The van der Waals surface area contributed by atoms with E-state index in [-0.39, 0.29) is 5.56 Å². The molecule has 6 nitrogen and oxygen atoms in total. The summed E-state index contributed by atoms with van der Waals surface area (Å²) in [6, 6.07) is 17.4. The number of aromatic nitrogens is 2. The average molecular weight is 355 g/mol. The van der Waals surface area contributed by atoms with Crippen LogP contribution in [0, 0.1) is 25.2 Å². The van der Waals surface area contributed by atoms with Crippen LogP contribution in [0.15, 0.2) is 53.3 Å². The Kier molecular flexibility index (Phi) is 3.98. The predicted octanol–water partition coefficient (Wildman–Crippen LogP) is 2.41. The molecular weight excluding hydrogens is 338 g/mol. The molecule has 0 radical (unpaired) electrons. The first-order valence-corrected chi connectivity index (χ1v) is 8.53. The van der Waals surface area contributed by atoms with Crippen LogP contribution in [0.5, 0.6) is 0 Å². The highest BCUT2D eigenvalue weighted by atomic mass is 16.1. The lowest BCUT2D eigenvalue weighted by molar-refractivity contribution is 1.06. The second-order valence-corrected chi connectivity index (χ2v) is 6.32. The molecule has 0 unspecified atom stereocenters. The minimum Gasteiger partial charge on any atom is -0.307 e. The number of anilines is 1. The van der Waals surface area contributed by atoms with E-state index < -0.39 is 0 Å². The first-order valence-electron chi connectivity index (χ1n) is 8.53. The van der Waals surface area contributed by atoms with Crippen LogP contribution in [0.4, 0.5) is 5.69 Å². The Labute approximate surface area is 155 Å². The minimum atomic E-state index is -0.214. The summed E-state index contributed by atoms with van der Waals surface area (Å²) in [6.45, 7) is 3.76. The average Bonchev–Trinajstić information content (AvgIpc) is 3.05. The summed E-state index contributed by atoms with van der Waals surface area (Å²) >= 11 is 0. The van der Waals surface area contributed by atoms with Crippen molar-refractivity contribution in [2.45, 2.75) is 13.8 Å². The van der Waals surface area contributed by atoms with Crippen molar-refractivity contribution in [2.75, 3.05) is 5.43 Å². The summed E-state index contributed by atoms with van der Waals surface area (Å²) in [5.41, 5.74) is 10.6. The van der Waals surface area contributed by atoms with Gasteiger partial charge in [-0.2, -0.15) is 5.26 Å². The normalized spacial score (nSPS) is 11.7. The minimum absolute atomic E-state index is 0.214. The summed E-state index contributed by atoms with van der Waals surface area (Å²) in [5, 5.41) is 10.1. The largest absolute Gasteiger partial charge is 0.307 e. The number of imidazole rings is 1. The Hall–Kier alpha value is -3.85. The quantitative estimate of drug-likeness (QED) is 0.552. The number of benzene rings is 2. The van der Waals surface area contributed by atoms with Crippen molar-refractivity contribution < 1.29 is 0 Å². The first kappa shape index (κ1) is 16.6. The van der Waals surface area contributed by atoms with E-state index in [1.165, 1.54) is 4.40 Å². The van der Waals surface area contributed by atoms with E-state index in [9.17, 15) is 10.1 Å². The van der Waals surface area contributed by atoms with Gasteiger partial charge in [0.1, 0.15) is 6.07 Å². The highest BCUT2D eigenvalue weighted by Crippen LogP contribution is 2.17. The fourth-order valence-corrected chi connectivity index (χ4v) is 3.19. The zero-order valence-electron chi connectivity index (χ0n) is 14.9. The number of pyridine rings is 1. The highest BCUT2D eigenvalue weighted by Gasteiger charge is 2.15. The molecule has 27 heavy (non-hydrogen) atoms. The fraction of sp³-hybridized carbons (Fsp3) is 0.0952. The number of nitrogens with one attached hydrogen (secondary N) is 2. The van der Waals surface area contributed by atoms with Crippen molar-refractivity contribution in [3.05, 3.63) is 80.8 Å². The van der Waals surface area contributed by atoms with Gasteiger partial charge < -0.3 is 10.9 Å². The number of aryl methyl sites for hydroxylation is 1. The molecule has 6 heteroatoms. The van der Waals surface area contributed by atoms with Gasteiger partial charge in [0, 0.05) is 6.20 Å². The Morgan fingerprint density at radius 2 is 1.85 bits per heavy atom. The summed E-state index contributed by atoms with van der Waals surface area (Å²) in [7, 11) is 0. The van der Waals surface area contributed by atoms with Gasteiger partial charge >= 0.3 is 0 Å². The lowest BCUT2D eigenvalue weighted by Crippen LogP contribution is -2.36. The summed E-state index contributed by atoms with van der Waals surface area (Å²) in [5.74, 6) is 0. The molecule has 4 aromatic rings. The number of fused-ring (bicyclic) bond motifs is 3. The molecule has 0 fully saturated rings. The molecule has 0 aliphatic rings. The molecule has 0 amide bonds. The van der Waals surface area contributed by atoms with Crippen LogP contribution in [-0.2, 0) is 0 Å². The number of hydrazine groups is 1. The van der Waals surface area contributed by atoms with Gasteiger partial charge in [-0.1, -0.05) is 30.3 Å². The zero-order valence-corrected chi connectivity index (χ0v) is 14.9. The maximum Gasteiger partial charge on any atom is 0.265 e. The monoisotopic (exact) mass is 355 g/mol. The Bertz CT molecular complexity index is 1330. The van der Waals surface area contributed by atoms with Crippen molar-refractivity contribution >= 4 is 28.6 Å². The van der Waals surface area contributed by atoms with Crippen LogP contribution < -0.4 is 21.6 Å². The molecule has 2 N–H and O–H groups in total. The SMILES string of the molecule is Cc1ccccc1NN/C=c1\c(C)c(C#N)c2nc3ccccc3n2c1=O. The van der Waals surface area contributed by atoms with Crippen LogP contribution in [0.2, 0.25) is 0 Å². The van der Waals surface area contributed by atoms with E-state index >= 15 is 0 Å². The summed E-state index contributed by atoms with van der Waals surface area (Å²) in [6.07, 6.45) is 1.60. The molecule has 132 valence electrons. The van der Waals surface area contributed by atoms with Crippen molar-refractivity contribution in [3.8, 4) is 6.07 Å². The van der Waals surface area contributed by atoms with Crippen LogP contribution in [-0.4, -0.2) is 9.38 Å². The standard InChI is InChI=1S/C21H17N5O/c1-13-7-3-4-8-17(13)25-23-12-16-14(2)15(11-22)20-24-18-9-5-6-10-19(18)26(20)21(16)27/h3-10,12,23,25H,1-2H3/b16-12+. The van der Waals surface area contributed by atoms with Gasteiger partial charge in [-0.25, -0.2) is 4.98 Å². The van der Waals surface area contributed by atoms with Gasteiger partial charge in [0.25, 0.3) is 5.56 Å². The van der Waals surface area contributed by atoms with E-state index in [0.29, 0.717) is 33.0 Å². The maximum atomic E-state index is 13.1. The van der Waals surface area contributed by atoms with Gasteiger partial charge in [0.05, 0.1) is 27.5 Å². The van der Waals surface area contributed by atoms with Crippen molar-refractivity contribution in [2.24, 2.45) is 0 Å². The number of hydrogen-bond donors (Lipinski definition) is 2. The second kappa shape index (κ2) is 6.46. The molecule has 0 aliphatic heterocycles. The van der Waals surface area contributed by atoms with Crippen LogP contribution in [0.3, 0.4) is 0 Å². The Morgan fingerprint density at radius 1 is 1.11 bits per heavy atom. The maximum absolute atomic E-state index is 13.1. The number of rotatable bonds is 3. The van der Waals surface area contributed by atoms with Crippen LogP contribution in [0.1, 0.15) is 16.7 Å². The fourth-order valence-electron chi connectivity index (χ4n) is 3.19.